The van der Waals surface area contributed by atoms with Gasteiger partial charge in [0.15, 0.2) is 0 Å². The van der Waals surface area contributed by atoms with Gasteiger partial charge < -0.3 is 10.1 Å². The van der Waals surface area contributed by atoms with E-state index in [-0.39, 0.29) is 12.4 Å². The molecule has 1 aliphatic carbocycles. The van der Waals surface area contributed by atoms with Crippen molar-refractivity contribution in [3.63, 3.8) is 0 Å². The smallest absolute Gasteiger partial charge is 0.119 e. The molecule has 0 bridgehead atoms. The van der Waals surface area contributed by atoms with Crippen molar-refractivity contribution in [1.29, 1.82) is 0 Å². The maximum absolute atomic E-state index is 5.42. The number of benzene rings is 2. The van der Waals surface area contributed by atoms with Gasteiger partial charge in [-0.1, -0.05) is 36.4 Å². The summed E-state index contributed by atoms with van der Waals surface area (Å²) >= 11 is 0. The Morgan fingerprint density at radius 2 is 1.96 bits per heavy atom. The summed E-state index contributed by atoms with van der Waals surface area (Å²) in [5, 5.41) is 3.43. The van der Waals surface area contributed by atoms with Crippen LogP contribution in [0.1, 0.15) is 41.9 Å². The summed E-state index contributed by atoms with van der Waals surface area (Å²) in [7, 11) is 3.83. The minimum atomic E-state index is 0. The van der Waals surface area contributed by atoms with Crippen LogP contribution in [0.25, 0.3) is 0 Å². The molecule has 3 heteroatoms. The molecule has 1 N–H and O–H groups in total. The van der Waals surface area contributed by atoms with Crippen molar-refractivity contribution >= 4 is 12.4 Å². The van der Waals surface area contributed by atoms with Gasteiger partial charge >= 0.3 is 0 Å². The van der Waals surface area contributed by atoms with Gasteiger partial charge in [0.1, 0.15) is 5.75 Å². The number of halogens is 1. The van der Waals surface area contributed by atoms with E-state index in [4.69, 9.17) is 4.74 Å². The van der Waals surface area contributed by atoms with Gasteiger partial charge in [-0.25, -0.2) is 0 Å². The molecule has 2 aromatic carbocycles. The molecule has 2 unspecified atom stereocenters. The first kappa shape index (κ1) is 19.8. The summed E-state index contributed by atoms with van der Waals surface area (Å²) in [5.74, 6) is 2.34. The SMILES string of the molecule is CNCC(CCc1ccccc1)C1CCCc2cc(OC)ccc21.Cl. The van der Waals surface area contributed by atoms with Gasteiger partial charge in [0.25, 0.3) is 0 Å². The van der Waals surface area contributed by atoms with E-state index in [2.05, 4.69) is 60.9 Å². The lowest BCUT2D eigenvalue weighted by molar-refractivity contribution is 0.346. The molecule has 2 atom stereocenters. The molecule has 3 rings (SSSR count). The van der Waals surface area contributed by atoms with Gasteiger partial charge in [-0.05, 0) is 86.4 Å². The third kappa shape index (κ3) is 4.99. The fraction of sp³-hybridized carbons (Fsp3) is 0.455. The molecule has 0 saturated carbocycles. The lowest BCUT2D eigenvalue weighted by atomic mass is 9.74. The number of hydrogen-bond acceptors (Lipinski definition) is 2. The predicted molar refractivity (Wildman–Crippen MR) is 108 cm³/mol. The second kappa shape index (κ2) is 9.84. The first-order valence-corrected chi connectivity index (χ1v) is 9.17. The summed E-state index contributed by atoms with van der Waals surface area (Å²) in [6.45, 7) is 1.09. The zero-order valence-corrected chi connectivity index (χ0v) is 16.1. The summed E-state index contributed by atoms with van der Waals surface area (Å²) in [6, 6.07) is 17.6. The monoisotopic (exact) mass is 359 g/mol. The normalized spacial score (nSPS) is 17.3. The average molecular weight is 360 g/mol. The quantitative estimate of drug-likeness (QED) is 0.750. The molecule has 0 amide bonds. The molecule has 136 valence electrons. The van der Waals surface area contributed by atoms with Crippen molar-refractivity contribution in [2.24, 2.45) is 5.92 Å². The Kier molecular flexibility index (Phi) is 7.80. The molecule has 0 aromatic heterocycles. The molecule has 0 radical (unpaired) electrons. The zero-order valence-electron chi connectivity index (χ0n) is 15.3. The van der Waals surface area contributed by atoms with Gasteiger partial charge in [0.2, 0.25) is 0 Å². The number of aryl methyl sites for hydroxylation is 2. The molecule has 1 aliphatic rings. The standard InChI is InChI=1S/C22H29NO.ClH/c1-23-16-19(12-11-17-7-4-3-5-8-17)21-10-6-9-18-15-20(24-2)13-14-22(18)21;/h3-5,7-8,13-15,19,21,23H,6,9-12,16H2,1-2H3;1H. The largest absolute Gasteiger partial charge is 0.497 e. The summed E-state index contributed by atoms with van der Waals surface area (Å²) in [4.78, 5) is 0. The first-order chi connectivity index (χ1) is 11.8. The second-order valence-electron chi connectivity index (χ2n) is 6.91. The molecule has 0 spiro atoms. The van der Waals surface area contributed by atoms with Gasteiger partial charge in [-0.15, -0.1) is 12.4 Å². The van der Waals surface area contributed by atoms with E-state index in [9.17, 15) is 0 Å². The molecular weight excluding hydrogens is 330 g/mol. The van der Waals surface area contributed by atoms with Crippen molar-refractivity contribution in [3.05, 3.63) is 65.2 Å². The van der Waals surface area contributed by atoms with Crippen LogP contribution in [-0.4, -0.2) is 20.7 Å². The highest BCUT2D eigenvalue weighted by Gasteiger charge is 2.27. The number of rotatable bonds is 7. The van der Waals surface area contributed by atoms with Crippen LogP contribution in [0.4, 0.5) is 0 Å². The summed E-state index contributed by atoms with van der Waals surface area (Å²) < 4.78 is 5.42. The third-order valence-electron chi connectivity index (χ3n) is 5.39. The Morgan fingerprint density at radius 1 is 1.16 bits per heavy atom. The Morgan fingerprint density at radius 3 is 2.68 bits per heavy atom. The molecule has 0 saturated heterocycles. The van der Waals surface area contributed by atoms with Crippen LogP contribution >= 0.6 is 12.4 Å². The highest BCUT2D eigenvalue weighted by molar-refractivity contribution is 5.85. The van der Waals surface area contributed by atoms with Crippen molar-refractivity contribution in [2.45, 2.75) is 38.0 Å². The Bertz CT molecular complexity index is 644. The van der Waals surface area contributed by atoms with Crippen LogP contribution in [0.2, 0.25) is 0 Å². The van der Waals surface area contributed by atoms with Crippen molar-refractivity contribution in [3.8, 4) is 5.75 Å². The van der Waals surface area contributed by atoms with Crippen LogP contribution in [0, 0.1) is 5.92 Å². The highest BCUT2D eigenvalue weighted by Crippen LogP contribution is 2.39. The number of methoxy groups -OCH3 is 1. The molecule has 0 fully saturated rings. The first-order valence-electron chi connectivity index (χ1n) is 9.17. The van der Waals surface area contributed by atoms with Crippen LogP contribution in [0.3, 0.4) is 0 Å². The Balaban J connectivity index is 0.00000225. The highest BCUT2D eigenvalue weighted by atomic mass is 35.5. The Hall–Kier alpha value is -1.51. The maximum atomic E-state index is 5.42. The van der Waals surface area contributed by atoms with Crippen molar-refractivity contribution in [2.75, 3.05) is 20.7 Å². The van der Waals surface area contributed by atoms with Gasteiger partial charge in [0.05, 0.1) is 7.11 Å². The molecule has 2 nitrogen and oxygen atoms in total. The number of fused-ring (bicyclic) bond motifs is 1. The minimum absolute atomic E-state index is 0. The number of hydrogen-bond donors (Lipinski definition) is 1. The number of ether oxygens (including phenoxy) is 1. The van der Waals surface area contributed by atoms with Gasteiger partial charge in [0, 0.05) is 0 Å². The lowest BCUT2D eigenvalue weighted by Crippen LogP contribution is -2.27. The molecule has 0 heterocycles. The van der Waals surface area contributed by atoms with Crippen molar-refractivity contribution in [1.82, 2.24) is 5.32 Å². The third-order valence-corrected chi connectivity index (χ3v) is 5.39. The van der Waals surface area contributed by atoms with Crippen LogP contribution in [-0.2, 0) is 12.8 Å². The molecule has 2 aromatic rings. The molecule has 0 aliphatic heterocycles. The van der Waals surface area contributed by atoms with E-state index in [1.807, 2.05) is 0 Å². The van der Waals surface area contributed by atoms with Gasteiger partial charge in [-0.3, -0.25) is 0 Å². The second-order valence-corrected chi connectivity index (χ2v) is 6.91. The Labute approximate surface area is 158 Å². The van der Waals surface area contributed by atoms with Gasteiger partial charge in [-0.2, -0.15) is 0 Å². The van der Waals surface area contributed by atoms with Crippen molar-refractivity contribution < 1.29 is 4.74 Å². The fourth-order valence-corrected chi connectivity index (χ4v) is 4.15. The van der Waals surface area contributed by atoms with Crippen LogP contribution in [0.5, 0.6) is 5.75 Å². The topological polar surface area (TPSA) is 21.3 Å². The zero-order chi connectivity index (χ0) is 16.8. The van der Waals surface area contributed by atoms with E-state index < -0.39 is 0 Å². The van der Waals surface area contributed by atoms with Crippen LogP contribution in [0.15, 0.2) is 48.5 Å². The molecular formula is C22H30ClNO. The summed E-state index contributed by atoms with van der Waals surface area (Å²) in [5.41, 5.74) is 4.49. The summed E-state index contributed by atoms with van der Waals surface area (Å²) in [6.07, 6.45) is 6.18. The number of nitrogens with one attached hydrogen (secondary N) is 1. The van der Waals surface area contributed by atoms with E-state index in [0.29, 0.717) is 11.8 Å². The maximum Gasteiger partial charge on any atom is 0.119 e. The van der Waals surface area contributed by atoms with E-state index >= 15 is 0 Å². The minimum Gasteiger partial charge on any atom is -0.497 e. The fourth-order valence-electron chi connectivity index (χ4n) is 4.15. The van der Waals surface area contributed by atoms with E-state index in [1.54, 1.807) is 12.7 Å². The predicted octanol–water partition coefficient (Wildman–Crippen LogP) is 5.01. The molecule has 25 heavy (non-hydrogen) atoms. The van der Waals surface area contributed by atoms with E-state index in [0.717, 1.165) is 18.7 Å². The average Bonchev–Trinajstić information content (AvgIpc) is 2.65. The lowest BCUT2D eigenvalue weighted by Gasteiger charge is -2.33. The van der Waals surface area contributed by atoms with E-state index in [1.165, 1.54) is 36.8 Å². The van der Waals surface area contributed by atoms with Crippen LogP contribution < -0.4 is 10.1 Å².